The molecule has 0 aliphatic carbocycles. The summed E-state index contributed by atoms with van der Waals surface area (Å²) >= 11 is 0. The number of unbranched alkanes of at least 4 members (excludes halogenated alkanes) is 2. The average molecular weight is 530 g/mol. The van der Waals surface area contributed by atoms with Gasteiger partial charge in [-0.05, 0) is 35.9 Å². The molecular formula is C31H37BNO6-. The maximum Gasteiger partial charge on any atom is 0.718 e. The Bertz CT molecular complexity index is 1300. The van der Waals surface area contributed by atoms with E-state index in [9.17, 15) is 9.59 Å². The Morgan fingerprint density at radius 1 is 0.897 bits per heavy atom. The highest BCUT2D eigenvalue weighted by Crippen LogP contribution is 2.43. The Morgan fingerprint density at radius 3 is 2.15 bits per heavy atom. The minimum Gasteiger partial charge on any atom is -0.622 e. The van der Waals surface area contributed by atoms with Crippen molar-refractivity contribution >= 4 is 41.4 Å². The van der Waals surface area contributed by atoms with Crippen LogP contribution in [0.3, 0.4) is 0 Å². The fraction of sp³-hybridized carbons (Fsp3) is 0.355. The third-order valence-corrected chi connectivity index (χ3v) is 6.70. The average Bonchev–Trinajstić information content (AvgIpc) is 2.91. The van der Waals surface area contributed by atoms with Crippen molar-refractivity contribution in [2.24, 2.45) is 0 Å². The molecule has 0 aromatic heterocycles. The van der Waals surface area contributed by atoms with Crippen molar-refractivity contribution in [3.05, 3.63) is 77.9 Å². The van der Waals surface area contributed by atoms with Gasteiger partial charge in [0.15, 0.2) is 0 Å². The van der Waals surface area contributed by atoms with Gasteiger partial charge in [0.1, 0.15) is 0 Å². The summed E-state index contributed by atoms with van der Waals surface area (Å²) in [5.41, 5.74) is 2.93. The van der Waals surface area contributed by atoms with Crippen LogP contribution in [0.25, 0.3) is 16.8 Å². The van der Waals surface area contributed by atoms with E-state index in [-0.39, 0.29) is 0 Å². The fourth-order valence-electron chi connectivity index (χ4n) is 4.79. The van der Waals surface area contributed by atoms with Crippen molar-refractivity contribution in [3.63, 3.8) is 0 Å². The van der Waals surface area contributed by atoms with Crippen molar-refractivity contribution < 1.29 is 28.2 Å². The predicted octanol–water partition coefficient (Wildman–Crippen LogP) is 6.97. The van der Waals surface area contributed by atoms with Crippen LogP contribution in [0.2, 0.25) is 0 Å². The van der Waals surface area contributed by atoms with Gasteiger partial charge >= 0.3 is 6.96 Å². The molecule has 0 bridgehead atoms. The summed E-state index contributed by atoms with van der Waals surface area (Å²) in [4.78, 5) is 26.4. The Labute approximate surface area is 230 Å². The first-order valence-electron chi connectivity index (χ1n) is 13.8. The number of rotatable bonds is 11. The van der Waals surface area contributed by atoms with E-state index in [1.54, 1.807) is 0 Å². The van der Waals surface area contributed by atoms with Crippen LogP contribution >= 0.6 is 0 Å². The zero-order valence-electron chi connectivity index (χ0n) is 23.2. The second-order valence-electron chi connectivity index (χ2n) is 9.82. The van der Waals surface area contributed by atoms with Crippen molar-refractivity contribution in [2.75, 3.05) is 18.0 Å². The summed E-state index contributed by atoms with van der Waals surface area (Å²) < 4.78 is 22.9. The SMILES string of the molecule is CCCCN(CCCC)c1ccc(/C=C/[C@H]2O[B-](OC(C)=O)(OC(C)=O)Oc3c2ccc2ccccc32)cc1. The van der Waals surface area contributed by atoms with Crippen LogP contribution in [0.5, 0.6) is 5.75 Å². The summed E-state index contributed by atoms with van der Waals surface area (Å²) in [5.74, 6) is -0.919. The van der Waals surface area contributed by atoms with E-state index in [1.807, 2.05) is 48.6 Å². The molecule has 8 heteroatoms. The Balaban J connectivity index is 1.67. The molecule has 0 unspecified atom stereocenters. The first kappa shape index (κ1) is 28.2. The number of nitrogens with zero attached hydrogens (tertiary/aromatic N) is 1. The molecule has 206 valence electrons. The van der Waals surface area contributed by atoms with E-state index in [0.717, 1.165) is 60.7 Å². The zero-order chi connectivity index (χ0) is 27.8. The van der Waals surface area contributed by atoms with Crippen LogP contribution in [-0.2, 0) is 23.6 Å². The monoisotopic (exact) mass is 530 g/mol. The fourth-order valence-corrected chi connectivity index (χ4v) is 4.79. The first-order valence-corrected chi connectivity index (χ1v) is 13.8. The molecular weight excluding hydrogens is 493 g/mol. The lowest BCUT2D eigenvalue weighted by molar-refractivity contribution is -0.149. The first-order chi connectivity index (χ1) is 18.8. The lowest BCUT2D eigenvalue weighted by atomic mass is 9.92. The molecule has 1 heterocycles. The number of anilines is 1. The molecule has 1 atom stereocenters. The van der Waals surface area contributed by atoms with Gasteiger partial charge in [0, 0.05) is 43.6 Å². The van der Waals surface area contributed by atoms with E-state index in [0.29, 0.717) is 5.75 Å². The maximum absolute atomic E-state index is 12.0. The van der Waals surface area contributed by atoms with Gasteiger partial charge in [0.25, 0.3) is 11.9 Å². The van der Waals surface area contributed by atoms with Crippen molar-refractivity contribution in [1.29, 1.82) is 0 Å². The molecule has 0 saturated heterocycles. The lowest BCUT2D eigenvalue weighted by Crippen LogP contribution is -2.56. The Hall–Kier alpha value is -3.78. The number of benzene rings is 3. The quantitative estimate of drug-likeness (QED) is 0.248. The molecule has 0 N–H and O–H groups in total. The van der Waals surface area contributed by atoms with Gasteiger partial charge in [0.2, 0.25) is 0 Å². The molecule has 3 aromatic rings. The standard InChI is InChI=1S/C31H37BNO6/c1-5-7-21-33(22-8-6-2)27-17-13-25(14-18-27)15-20-30-29-19-16-26-11-9-10-12-28(26)31(29)39-32(38-30,36-23(3)34)37-24(4)35/h9-20,30H,5-8,21-22H2,1-4H3/q-1/b20-15+/t30-/m1/s1. The number of carbonyl (C=O) groups is 2. The van der Waals surface area contributed by atoms with Gasteiger partial charge in [-0.1, -0.05) is 87.4 Å². The highest BCUT2D eigenvalue weighted by Gasteiger charge is 2.47. The second kappa shape index (κ2) is 12.8. The van der Waals surface area contributed by atoms with Gasteiger partial charge in [-0.25, -0.2) is 0 Å². The van der Waals surface area contributed by atoms with Gasteiger partial charge < -0.3 is 23.5 Å². The van der Waals surface area contributed by atoms with Crippen LogP contribution in [0, 0.1) is 0 Å². The summed E-state index contributed by atoms with van der Waals surface area (Å²) in [6, 6.07) is 20.0. The smallest absolute Gasteiger partial charge is 0.622 e. The zero-order valence-corrected chi connectivity index (χ0v) is 23.2. The summed E-state index contributed by atoms with van der Waals surface area (Å²) in [7, 11) is 0. The topological polar surface area (TPSA) is 74.3 Å². The highest BCUT2D eigenvalue weighted by molar-refractivity contribution is 6.58. The van der Waals surface area contributed by atoms with E-state index in [2.05, 4.69) is 43.0 Å². The third kappa shape index (κ3) is 7.01. The maximum atomic E-state index is 12.0. The number of fused-ring (bicyclic) bond motifs is 3. The summed E-state index contributed by atoms with van der Waals surface area (Å²) in [5, 5.41) is 1.73. The van der Waals surface area contributed by atoms with Crippen LogP contribution < -0.4 is 9.55 Å². The molecule has 0 radical (unpaired) electrons. The molecule has 7 nitrogen and oxygen atoms in total. The van der Waals surface area contributed by atoms with Crippen LogP contribution in [0.1, 0.15) is 70.6 Å². The predicted molar refractivity (Wildman–Crippen MR) is 155 cm³/mol. The van der Waals surface area contributed by atoms with E-state index in [4.69, 9.17) is 18.6 Å². The summed E-state index contributed by atoms with van der Waals surface area (Å²) in [6.45, 7) is 5.78. The molecule has 0 saturated carbocycles. The largest absolute Gasteiger partial charge is 0.718 e. The molecule has 3 aromatic carbocycles. The van der Waals surface area contributed by atoms with Crippen LogP contribution in [0.4, 0.5) is 5.69 Å². The number of hydrogen-bond donors (Lipinski definition) is 0. The van der Waals surface area contributed by atoms with Crippen LogP contribution in [0.15, 0.2) is 66.7 Å². The van der Waals surface area contributed by atoms with E-state index >= 15 is 0 Å². The van der Waals surface area contributed by atoms with E-state index in [1.165, 1.54) is 19.5 Å². The van der Waals surface area contributed by atoms with Gasteiger partial charge in [0.05, 0.1) is 11.9 Å². The highest BCUT2D eigenvalue weighted by atomic mass is 16.9. The molecule has 1 aliphatic rings. The second-order valence-corrected chi connectivity index (χ2v) is 9.82. The molecule has 4 rings (SSSR count). The molecule has 1 aliphatic heterocycles. The molecule has 0 fully saturated rings. The number of hydrogen-bond acceptors (Lipinski definition) is 7. The van der Waals surface area contributed by atoms with E-state index < -0.39 is 25.0 Å². The normalized spacial score (nSPS) is 15.9. The minimum atomic E-state index is -3.17. The lowest BCUT2D eigenvalue weighted by Gasteiger charge is -2.46. The number of carbonyl (C=O) groups excluding carboxylic acids is 2. The van der Waals surface area contributed by atoms with Gasteiger partial charge in [-0.3, -0.25) is 9.59 Å². The molecule has 39 heavy (non-hydrogen) atoms. The molecule has 0 spiro atoms. The third-order valence-electron chi connectivity index (χ3n) is 6.70. The Morgan fingerprint density at radius 2 is 1.54 bits per heavy atom. The summed E-state index contributed by atoms with van der Waals surface area (Å²) in [6.07, 6.45) is 7.76. The van der Waals surface area contributed by atoms with Crippen LogP contribution in [-0.4, -0.2) is 32.0 Å². The minimum absolute atomic E-state index is 0.453. The van der Waals surface area contributed by atoms with Gasteiger partial charge in [-0.15, -0.1) is 0 Å². The molecule has 0 amide bonds. The van der Waals surface area contributed by atoms with Crippen molar-refractivity contribution in [3.8, 4) is 5.75 Å². The van der Waals surface area contributed by atoms with Crippen molar-refractivity contribution in [2.45, 2.75) is 59.5 Å². The van der Waals surface area contributed by atoms with Gasteiger partial charge in [-0.2, -0.15) is 0 Å². The Kier molecular flexibility index (Phi) is 9.30. The van der Waals surface area contributed by atoms with Crippen molar-refractivity contribution in [1.82, 2.24) is 0 Å².